The van der Waals surface area contributed by atoms with E-state index in [1.165, 1.54) is 12.0 Å². The lowest BCUT2D eigenvalue weighted by molar-refractivity contribution is -0.140. The van der Waals surface area contributed by atoms with Crippen LogP contribution in [0.4, 0.5) is 0 Å². The van der Waals surface area contributed by atoms with Crippen molar-refractivity contribution in [1.29, 1.82) is 0 Å². The number of hydrogen-bond donors (Lipinski definition) is 1. The van der Waals surface area contributed by atoms with Gasteiger partial charge in [-0.3, -0.25) is 9.59 Å². The van der Waals surface area contributed by atoms with Gasteiger partial charge in [0.1, 0.15) is 19.0 Å². The van der Waals surface area contributed by atoms with Crippen LogP contribution in [0.15, 0.2) is 48.0 Å². The quantitative estimate of drug-likeness (QED) is 0.299. The molecule has 2 aliphatic heterocycles. The largest absolute Gasteiger partial charge is 0.507 e. The molecule has 0 spiro atoms. The minimum Gasteiger partial charge on any atom is -0.507 e. The van der Waals surface area contributed by atoms with E-state index in [1.807, 2.05) is 19.0 Å². The number of hydrogen-bond acceptors (Lipinski definition) is 8. The first-order chi connectivity index (χ1) is 16.3. The van der Waals surface area contributed by atoms with Crippen LogP contribution in [-0.4, -0.2) is 80.1 Å². The van der Waals surface area contributed by atoms with Gasteiger partial charge in [-0.2, -0.15) is 0 Å². The molecule has 1 fully saturated rings. The lowest BCUT2D eigenvalue weighted by Crippen LogP contribution is -2.35. The summed E-state index contributed by atoms with van der Waals surface area (Å²) in [5.41, 5.74) is 1.24. The molecular formula is C25H26N2O7. The smallest absolute Gasteiger partial charge is 0.337 e. The Hall–Kier alpha value is -3.85. The Kier molecular flexibility index (Phi) is 6.56. The van der Waals surface area contributed by atoms with Crippen molar-refractivity contribution < 1.29 is 33.7 Å². The topological polar surface area (TPSA) is 106 Å². The van der Waals surface area contributed by atoms with Gasteiger partial charge in [0.25, 0.3) is 11.7 Å². The van der Waals surface area contributed by atoms with E-state index in [0.717, 1.165) is 0 Å². The van der Waals surface area contributed by atoms with Gasteiger partial charge in [-0.25, -0.2) is 4.79 Å². The monoisotopic (exact) mass is 466 g/mol. The standard InChI is InChI=1S/C25H26N2O7/c1-26(2)10-11-27-21(15-4-6-16(7-5-15)25(31)32-3)20(23(29)24(27)30)22(28)17-8-9-18-19(14-17)34-13-12-33-18/h4-9,14,21,28H,10-13H2,1-3H3/b22-20+/t21-/m1/s1. The van der Waals surface area contributed by atoms with Crippen LogP contribution in [0, 0.1) is 0 Å². The summed E-state index contributed by atoms with van der Waals surface area (Å²) in [6.45, 7) is 1.60. The van der Waals surface area contributed by atoms with Crippen molar-refractivity contribution >= 4 is 23.4 Å². The van der Waals surface area contributed by atoms with Crippen molar-refractivity contribution in [2.24, 2.45) is 0 Å². The molecule has 0 saturated carbocycles. The number of carbonyl (C=O) groups excluding carboxylic acids is 3. The first-order valence-corrected chi connectivity index (χ1v) is 10.8. The van der Waals surface area contributed by atoms with Gasteiger partial charge in [0.15, 0.2) is 11.5 Å². The summed E-state index contributed by atoms with van der Waals surface area (Å²) in [5, 5.41) is 11.2. The van der Waals surface area contributed by atoms with Crippen molar-refractivity contribution in [3.63, 3.8) is 0 Å². The maximum Gasteiger partial charge on any atom is 0.337 e. The molecule has 2 aliphatic rings. The van der Waals surface area contributed by atoms with E-state index in [4.69, 9.17) is 14.2 Å². The van der Waals surface area contributed by atoms with Crippen LogP contribution in [0.2, 0.25) is 0 Å². The number of rotatable bonds is 6. The highest BCUT2D eigenvalue weighted by molar-refractivity contribution is 6.46. The number of amides is 1. The number of likely N-dealkylation sites (tertiary alicyclic amines) is 1. The number of nitrogens with zero attached hydrogens (tertiary/aromatic N) is 2. The predicted molar refractivity (Wildman–Crippen MR) is 123 cm³/mol. The molecule has 9 nitrogen and oxygen atoms in total. The van der Waals surface area contributed by atoms with Crippen LogP contribution in [0.1, 0.15) is 27.5 Å². The van der Waals surface area contributed by atoms with Crippen LogP contribution < -0.4 is 9.47 Å². The fourth-order valence-corrected chi connectivity index (χ4v) is 4.03. The van der Waals surface area contributed by atoms with E-state index in [1.54, 1.807) is 42.5 Å². The van der Waals surface area contributed by atoms with Crippen molar-refractivity contribution in [3.8, 4) is 11.5 Å². The van der Waals surface area contributed by atoms with Crippen LogP contribution in [0.5, 0.6) is 11.5 Å². The summed E-state index contributed by atoms with van der Waals surface area (Å²) in [7, 11) is 5.03. The van der Waals surface area contributed by atoms with Gasteiger partial charge in [-0.1, -0.05) is 12.1 Å². The van der Waals surface area contributed by atoms with Crippen LogP contribution in [0.3, 0.4) is 0 Å². The van der Waals surface area contributed by atoms with Gasteiger partial charge in [0.2, 0.25) is 0 Å². The number of aliphatic hydroxyl groups is 1. The summed E-state index contributed by atoms with van der Waals surface area (Å²) in [4.78, 5) is 41.3. The molecule has 1 amide bonds. The maximum atomic E-state index is 13.1. The molecule has 1 saturated heterocycles. The van der Waals surface area contributed by atoms with Crippen LogP contribution in [-0.2, 0) is 14.3 Å². The van der Waals surface area contributed by atoms with Gasteiger partial charge in [0, 0.05) is 18.7 Å². The molecular weight excluding hydrogens is 440 g/mol. The molecule has 178 valence electrons. The van der Waals surface area contributed by atoms with Crippen LogP contribution in [0.25, 0.3) is 5.76 Å². The molecule has 2 heterocycles. The Morgan fingerprint density at radius 3 is 2.35 bits per heavy atom. The van der Waals surface area contributed by atoms with Gasteiger partial charge in [0.05, 0.1) is 24.3 Å². The lowest BCUT2D eigenvalue weighted by Gasteiger charge is -2.26. The molecule has 2 aromatic rings. The summed E-state index contributed by atoms with van der Waals surface area (Å²) < 4.78 is 15.9. The molecule has 1 N–H and O–H groups in total. The SMILES string of the molecule is COC(=O)c1ccc([C@@H]2/C(=C(\O)c3ccc4c(c3)OCCO4)C(=O)C(=O)N2CCN(C)C)cc1. The highest BCUT2D eigenvalue weighted by Gasteiger charge is 2.46. The van der Waals surface area contributed by atoms with E-state index in [0.29, 0.717) is 47.9 Å². The number of Topliss-reactive ketones (excluding diaryl/α,β-unsaturated/α-hetero) is 1. The number of aliphatic hydroxyl groups excluding tert-OH is 1. The summed E-state index contributed by atoms with van der Waals surface area (Å²) in [5.74, 6) is -1.26. The lowest BCUT2D eigenvalue weighted by atomic mass is 9.94. The van der Waals surface area contributed by atoms with E-state index < -0.39 is 23.7 Å². The van der Waals surface area contributed by atoms with Crippen molar-refractivity contribution in [2.45, 2.75) is 6.04 Å². The Morgan fingerprint density at radius 1 is 1.06 bits per heavy atom. The average molecular weight is 466 g/mol. The minimum atomic E-state index is -0.820. The zero-order chi connectivity index (χ0) is 24.4. The number of likely N-dealkylation sites (N-methyl/N-ethyl adjacent to an activating group) is 1. The molecule has 0 bridgehead atoms. The molecule has 0 radical (unpaired) electrons. The number of carbonyl (C=O) groups is 3. The zero-order valence-electron chi connectivity index (χ0n) is 19.2. The van der Waals surface area contributed by atoms with E-state index in [9.17, 15) is 19.5 Å². The number of fused-ring (bicyclic) bond motifs is 1. The highest BCUT2D eigenvalue weighted by Crippen LogP contribution is 2.41. The molecule has 0 aliphatic carbocycles. The Balaban J connectivity index is 1.80. The first kappa shape index (κ1) is 23.3. The molecule has 0 unspecified atom stereocenters. The van der Waals surface area contributed by atoms with Gasteiger partial charge >= 0.3 is 5.97 Å². The summed E-state index contributed by atoms with van der Waals surface area (Å²) in [6.07, 6.45) is 0. The van der Waals surface area contributed by atoms with E-state index in [2.05, 4.69) is 0 Å². The number of esters is 1. The molecule has 4 rings (SSSR count). The normalized spacial score (nSPS) is 18.9. The second-order valence-corrected chi connectivity index (χ2v) is 8.27. The molecule has 0 aromatic heterocycles. The Labute approximate surface area is 197 Å². The average Bonchev–Trinajstić information content (AvgIpc) is 3.11. The van der Waals surface area contributed by atoms with Crippen molar-refractivity contribution in [2.75, 3.05) is 47.5 Å². The molecule has 34 heavy (non-hydrogen) atoms. The second kappa shape index (κ2) is 9.56. The van der Waals surface area contributed by atoms with Gasteiger partial charge in [-0.05, 0) is 50.0 Å². The molecule has 1 atom stereocenters. The van der Waals surface area contributed by atoms with E-state index in [-0.39, 0.29) is 17.9 Å². The third kappa shape index (κ3) is 4.34. The third-order valence-corrected chi connectivity index (χ3v) is 5.79. The molecule has 2 aromatic carbocycles. The van der Waals surface area contributed by atoms with Crippen molar-refractivity contribution in [1.82, 2.24) is 9.80 Å². The fraction of sp³-hybridized carbons (Fsp3) is 0.320. The number of methoxy groups -OCH3 is 1. The van der Waals surface area contributed by atoms with Crippen LogP contribution >= 0.6 is 0 Å². The fourth-order valence-electron chi connectivity index (χ4n) is 4.03. The number of ether oxygens (including phenoxy) is 3. The van der Waals surface area contributed by atoms with Crippen molar-refractivity contribution in [3.05, 3.63) is 64.7 Å². The first-order valence-electron chi connectivity index (χ1n) is 10.8. The molecule has 9 heteroatoms. The minimum absolute atomic E-state index is 0.0220. The maximum absolute atomic E-state index is 13.1. The highest BCUT2D eigenvalue weighted by atomic mass is 16.6. The van der Waals surface area contributed by atoms with Gasteiger partial charge < -0.3 is 29.1 Å². The number of benzene rings is 2. The Morgan fingerprint density at radius 2 is 1.71 bits per heavy atom. The van der Waals surface area contributed by atoms with Gasteiger partial charge in [-0.15, -0.1) is 0 Å². The summed E-state index contributed by atoms with van der Waals surface area (Å²) in [6, 6.07) is 10.5. The van der Waals surface area contributed by atoms with E-state index >= 15 is 0 Å². The second-order valence-electron chi connectivity index (χ2n) is 8.27. The Bertz CT molecular complexity index is 1150. The summed E-state index contributed by atoms with van der Waals surface area (Å²) >= 11 is 0. The zero-order valence-corrected chi connectivity index (χ0v) is 19.2. The predicted octanol–water partition coefficient (Wildman–Crippen LogP) is 2.23. The number of ketones is 1. The third-order valence-electron chi connectivity index (χ3n) is 5.79.